The summed E-state index contributed by atoms with van der Waals surface area (Å²) in [5.74, 6) is 1.02. The topological polar surface area (TPSA) is 23.5 Å². The SMILES string of the molecule is Oc1cccc(CN(CCCl)C2CCCCC2)c1. The average molecular weight is 268 g/mol. The van der Waals surface area contributed by atoms with E-state index < -0.39 is 0 Å². The number of alkyl halides is 1. The van der Waals surface area contributed by atoms with Crippen molar-refractivity contribution in [2.45, 2.75) is 44.7 Å². The number of nitrogens with zero attached hydrogens (tertiary/aromatic N) is 1. The molecule has 0 unspecified atom stereocenters. The number of rotatable bonds is 5. The second-order valence-corrected chi connectivity index (χ2v) is 5.50. The number of phenolic OH excluding ortho intramolecular Hbond substituents is 1. The zero-order valence-corrected chi connectivity index (χ0v) is 11.6. The average Bonchev–Trinajstić information content (AvgIpc) is 2.39. The third-order valence-corrected chi connectivity index (χ3v) is 3.93. The van der Waals surface area contributed by atoms with Crippen LogP contribution in [0, 0.1) is 0 Å². The zero-order valence-electron chi connectivity index (χ0n) is 10.8. The smallest absolute Gasteiger partial charge is 0.115 e. The molecule has 0 atom stereocenters. The van der Waals surface area contributed by atoms with Gasteiger partial charge in [0.15, 0.2) is 0 Å². The van der Waals surface area contributed by atoms with Gasteiger partial charge in [0.25, 0.3) is 0 Å². The molecule has 0 saturated heterocycles. The molecule has 100 valence electrons. The van der Waals surface area contributed by atoms with E-state index in [0.717, 1.165) is 13.1 Å². The van der Waals surface area contributed by atoms with Crippen LogP contribution in [0.25, 0.3) is 0 Å². The van der Waals surface area contributed by atoms with Crippen LogP contribution < -0.4 is 0 Å². The van der Waals surface area contributed by atoms with Gasteiger partial charge in [0, 0.05) is 25.0 Å². The molecule has 1 fully saturated rings. The fourth-order valence-electron chi connectivity index (χ4n) is 2.83. The highest BCUT2D eigenvalue weighted by molar-refractivity contribution is 6.18. The Morgan fingerprint density at radius 1 is 1.22 bits per heavy atom. The highest BCUT2D eigenvalue weighted by Gasteiger charge is 2.20. The Labute approximate surface area is 115 Å². The van der Waals surface area contributed by atoms with E-state index in [1.54, 1.807) is 6.07 Å². The van der Waals surface area contributed by atoms with Gasteiger partial charge in [-0.25, -0.2) is 0 Å². The summed E-state index contributed by atoms with van der Waals surface area (Å²) in [6, 6.07) is 8.22. The number of halogens is 1. The van der Waals surface area contributed by atoms with Crippen LogP contribution in [0.5, 0.6) is 5.75 Å². The van der Waals surface area contributed by atoms with Crippen LogP contribution >= 0.6 is 11.6 Å². The van der Waals surface area contributed by atoms with Gasteiger partial charge < -0.3 is 5.11 Å². The molecule has 1 N–H and O–H groups in total. The van der Waals surface area contributed by atoms with Crippen LogP contribution in [0.3, 0.4) is 0 Å². The Hall–Kier alpha value is -0.730. The van der Waals surface area contributed by atoms with E-state index >= 15 is 0 Å². The molecule has 2 rings (SSSR count). The lowest BCUT2D eigenvalue weighted by molar-refractivity contribution is 0.157. The van der Waals surface area contributed by atoms with Crippen LogP contribution in [0.2, 0.25) is 0 Å². The predicted octanol–water partition coefficient (Wildman–Crippen LogP) is 3.77. The molecule has 0 bridgehead atoms. The van der Waals surface area contributed by atoms with Crippen LogP contribution in [-0.4, -0.2) is 28.5 Å². The number of hydrogen-bond donors (Lipinski definition) is 1. The number of hydrogen-bond acceptors (Lipinski definition) is 2. The molecule has 0 amide bonds. The van der Waals surface area contributed by atoms with E-state index in [4.69, 9.17) is 11.6 Å². The van der Waals surface area contributed by atoms with Crippen LogP contribution in [-0.2, 0) is 6.54 Å². The van der Waals surface area contributed by atoms with E-state index in [0.29, 0.717) is 17.7 Å². The van der Waals surface area contributed by atoms with Crippen molar-refractivity contribution >= 4 is 11.6 Å². The van der Waals surface area contributed by atoms with Gasteiger partial charge in [-0.15, -0.1) is 11.6 Å². The number of aromatic hydroxyl groups is 1. The summed E-state index contributed by atoms with van der Waals surface area (Å²) < 4.78 is 0. The molecule has 0 spiro atoms. The second-order valence-electron chi connectivity index (χ2n) is 5.12. The highest BCUT2D eigenvalue weighted by Crippen LogP contribution is 2.24. The monoisotopic (exact) mass is 267 g/mol. The molecule has 1 aliphatic rings. The summed E-state index contributed by atoms with van der Waals surface area (Å²) in [6.45, 7) is 1.83. The Balaban J connectivity index is 2.00. The second kappa shape index (κ2) is 7.01. The summed E-state index contributed by atoms with van der Waals surface area (Å²) in [5.41, 5.74) is 1.17. The first-order valence-electron chi connectivity index (χ1n) is 6.87. The van der Waals surface area contributed by atoms with Gasteiger partial charge in [-0.2, -0.15) is 0 Å². The van der Waals surface area contributed by atoms with E-state index in [9.17, 15) is 5.11 Å². The first-order valence-corrected chi connectivity index (χ1v) is 7.41. The number of phenols is 1. The zero-order chi connectivity index (χ0) is 12.8. The van der Waals surface area contributed by atoms with Crippen LogP contribution in [0.1, 0.15) is 37.7 Å². The third-order valence-electron chi connectivity index (χ3n) is 3.76. The van der Waals surface area contributed by atoms with Crippen molar-refractivity contribution in [1.82, 2.24) is 4.90 Å². The lowest BCUT2D eigenvalue weighted by atomic mass is 9.94. The van der Waals surface area contributed by atoms with E-state index in [1.807, 2.05) is 12.1 Å². The van der Waals surface area contributed by atoms with Gasteiger partial charge >= 0.3 is 0 Å². The molecule has 0 aromatic heterocycles. The lowest BCUT2D eigenvalue weighted by Gasteiger charge is -2.34. The molecule has 0 heterocycles. The Kier molecular flexibility index (Phi) is 5.33. The predicted molar refractivity (Wildman–Crippen MR) is 76.1 cm³/mol. The molecule has 1 aromatic carbocycles. The Morgan fingerprint density at radius 2 is 2.00 bits per heavy atom. The molecule has 0 aliphatic heterocycles. The fourth-order valence-corrected chi connectivity index (χ4v) is 3.05. The van der Waals surface area contributed by atoms with Gasteiger partial charge in [-0.3, -0.25) is 4.90 Å². The van der Waals surface area contributed by atoms with Gasteiger partial charge in [-0.05, 0) is 30.5 Å². The molecule has 1 aliphatic carbocycles. The van der Waals surface area contributed by atoms with Gasteiger partial charge in [-0.1, -0.05) is 31.4 Å². The minimum Gasteiger partial charge on any atom is -0.508 e. The summed E-state index contributed by atoms with van der Waals surface area (Å²) in [6.07, 6.45) is 6.62. The quantitative estimate of drug-likeness (QED) is 0.821. The molecule has 1 saturated carbocycles. The minimum absolute atomic E-state index is 0.349. The Bertz CT molecular complexity index is 363. The first-order chi connectivity index (χ1) is 8.79. The van der Waals surface area contributed by atoms with Crippen LogP contribution in [0.4, 0.5) is 0 Å². The van der Waals surface area contributed by atoms with Crippen molar-refractivity contribution in [2.75, 3.05) is 12.4 Å². The van der Waals surface area contributed by atoms with Crippen molar-refractivity contribution in [2.24, 2.45) is 0 Å². The fraction of sp³-hybridized carbons (Fsp3) is 0.600. The summed E-state index contributed by atoms with van der Waals surface area (Å²) >= 11 is 5.92. The van der Waals surface area contributed by atoms with Gasteiger partial charge in [0.05, 0.1) is 0 Å². The maximum absolute atomic E-state index is 9.52. The molecular formula is C15H22ClNO. The van der Waals surface area contributed by atoms with E-state index in [1.165, 1.54) is 37.7 Å². The normalized spacial score (nSPS) is 17.2. The maximum atomic E-state index is 9.52. The van der Waals surface area contributed by atoms with E-state index in [-0.39, 0.29) is 0 Å². The third kappa shape index (κ3) is 3.89. The standard InChI is InChI=1S/C15H22ClNO/c16-9-10-17(14-6-2-1-3-7-14)12-13-5-4-8-15(18)11-13/h4-5,8,11,14,18H,1-3,6-7,9-10,12H2. The summed E-state index contributed by atoms with van der Waals surface area (Å²) in [4.78, 5) is 2.47. The molecule has 1 aromatic rings. The van der Waals surface area contributed by atoms with Gasteiger partial charge in [0.2, 0.25) is 0 Å². The van der Waals surface area contributed by atoms with Crippen molar-refractivity contribution < 1.29 is 5.11 Å². The first kappa shape index (κ1) is 13.7. The van der Waals surface area contributed by atoms with E-state index in [2.05, 4.69) is 11.0 Å². The highest BCUT2D eigenvalue weighted by atomic mass is 35.5. The molecule has 2 nitrogen and oxygen atoms in total. The lowest BCUT2D eigenvalue weighted by Crippen LogP contribution is -2.37. The minimum atomic E-state index is 0.349. The van der Waals surface area contributed by atoms with Gasteiger partial charge in [0.1, 0.15) is 5.75 Å². The van der Waals surface area contributed by atoms with Crippen molar-refractivity contribution in [3.8, 4) is 5.75 Å². The molecule has 18 heavy (non-hydrogen) atoms. The van der Waals surface area contributed by atoms with Crippen molar-refractivity contribution in [3.05, 3.63) is 29.8 Å². The number of benzene rings is 1. The summed E-state index contributed by atoms with van der Waals surface area (Å²) in [7, 11) is 0. The van der Waals surface area contributed by atoms with Crippen molar-refractivity contribution in [3.63, 3.8) is 0 Å². The maximum Gasteiger partial charge on any atom is 0.115 e. The molecule has 3 heteroatoms. The van der Waals surface area contributed by atoms with Crippen LogP contribution in [0.15, 0.2) is 24.3 Å². The van der Waals surface area contributed by atoms with Crippen molar-refractivity contribution in [1.29, 1.82) is 0 Å². The Morgan fingerprint density at radius 3 is 2.67 bits per heavy atom. The summed E-state index contributed by atoms with van der Waals surface area (Å²) in [5, 5.41) is 9.52. The largest absolute Gasteiger partial charge is 0.508 e. The molecule has 0 radical (unpaired) electrons. The molecular weight excluding hydrogens is 246 g/mol.